The molecule has 0 aromatic heterocycles. The van der Waals surface area contributed by atoms with Gasteiger partial charge in [-0.3, -0.25) is 13.8 Å². The number of nitrogens with one attached hydrogen (secondary N) is 1. The van der Waals surface area contributed by atoms with Gasteiger partial charge in [0.2, 0.25) is 5.91 Å². The van der Waals surface area contributed by atoms with Gasteiger partial charge in [0.15, 0.2) is 0 Å². The smallest absolute Gasteiger partial charge is 0.391 e. The first-order valence-corrected chi connectivity index (χ1v) is 25.9. The van der Waals surface area contributed by atoms with Crippen LogP contribution in [0.5, 0.6) is 0 Å². The lowest BCUT2D eigenvalue weighted by Crippen LogP contribution is -2.46. The molecule has 3 unspecified atom stereocenters. The van der Waals surface area contributed by atoms with E-state index in [1.54, 1.807) is 0 Å². The van der Waals surface area contributed by atoms with Crippen LogP contribution >= 0.6 is 7.82 Å². The van der Waals surface area contributed by atoms with Crippen molar-refractivity contribution in [2.75, 3.05) is 40.9 Å². The molecule has 0 aliphatic rings. The molecule has 0 bridgehead atoms. The number of rotatable bonds is 45. The summed E-state index contributed by atoms with van der Waals surface area (Å²) in [5.41, 5.74) is 0. The molecule has 336 valence electrons. The second-order valence-electron chi connectivity index (χ2n) is 18.2. The van der Waals surface area contributed by atoms with Crippen molar-refractivity contribution in [3.63, 3.8) is 0 Å². The van der Waals surface area contributed by atoms with Crippen molar-refractivity contribution >= 4 is 13.7 Å². The van der Waals surface area contributed by atoms with E-state index in [9.17, 15) is 19.4 Å². The van der Waals surface area contributed by atoms with Crippen LogP contribution in [0.4, 0.5) is 0 Å². The third kappa shape index (κ3) is 41.7. The highest BCUT2D eigenvalue weighted by Crippen LogP contribution is 2.43. The number of amides is 1. The number of hydrogen-bond donors (Lipinski definition) is 3. The normalized spacial score (nSPS) is 14.2. The lowest BCUT2D eigenvalue weighted by Gasteiger charge is -2.26. The molecule has 56 heavy (non-hydrogen) atoms. The van der Waals surface area contributed by atoms with Gasteiger partial charge in [0.25, 0.3) is 0 Å². The lowest BCUT2D eigenvalue weighted by atomic mass is 10.0. The average molecular weight is 818 g/mol. The lowest BCUT2D eigenvalue weighted by molar-refractivity contribution is -0.870. The van der Waals surface area contributed by atoms with Crippen LogP contribution in [0.25, 0.3) is 0 Å². The number of unbranched alkanes of at least 4 members (excludes halogenated alkanes) is 32. The number of hydrogen-bond acceptors (Lipinski definition) is 5. The Morgan fingerprint density at radius 1 is 0.536 bits per heavy atom. The fourth-order valence-corrected chi connectivity index (χ4v) is 8.20. The van der Waals surface area contributed by atoms with Gasteiger partial charge in [-0.1, -0.05) is 226 Å². The molecule has 8 nitrogen and oxygen atoms in total. The summed E-state index contributed by atoms with van der Waals surface area (Å²) in [5.74, 6) is -0.139. The number of carbonyl (C=O) groups is 1. The standard InChI is InChI=1S/C47H97N2O6P/c1-6-8-10-12-14-16-18-20-22-23-24-25-27-29-31-33-35-37-39-41-47(51)48-45(44-55-56(52,53)54-43-42-49(3,4)5)46(50)40-38-36-34-32-30-28-26-21-19-17-15-13-11-9-7-2/h45-46,50H,6-44H2,1-5H3,(H-,48,51,52,53)/p+1. The zero-order chi connectivity index (χ0) is 41.4. The van der Waals surface area contributed by atoms with Crippen LogP contribution in [0.1, 0.15) is 245 Å². The molecule has 3 N–H and O–H groups in total. The van der Waals surface area contributed by atoms with E-state index in [0.717, 1.165) is 38.5 Å². The summed E-state index contributed by atoms with van der Waals surface area (Å²) in [6.45, 7) is 4.92. The van der Waals surface area contributed by atoms with Gasteiger partial charge < -0.3 is 19.8 Å². The molecular weight excluding hydrogens is 719 g/mol. The first-order chi connectivity index (χ1) is 27.0. The second-order valence-corrected chi connectivity index (χ2v) is 19.7. The molecule has 0 heterocycles. The fourth-order valence-electron chi connectivity index (χ4n) is 7.46. The summed E-state index contributed by atoms with van der Waals surface area (Å²) < 4.78 is 23.7. The van der Waals surface area contributed by atoms with Crippen LogP contribution in [0, 0.1) is 0 Å². The molecule has 9 heteroatoms. The van der Waals surface area contributed by atoms with Gasteiger partial charge in [-0.15, -0.1) is 0 Å². The van der Waals surface area contributed by atoms with Gasteiger partial charge in [0, 0.05) is 6.42 Å². The summed E-state index contributed by atoms with van der Waals surface area (Å²) in [4.78, 5) is 23.2. The minimum Gasteiger partial charge on any atom is -0.391 e. The Balaban J connectivity index is 4.25. The predicted molar refractivity (Wildman–Crippen MR) is 240 cm³/mol. The first kappa shape index (κ1) is 55.5. The van der Waals surface area contributed by atoms with E-state index in [2.05, 4.69) is 19.2 Å². The van der Waals surface area contributed by atoms with Gasteiger partial charge in [0.05, 0.1) is 39.9 Å². The van der Waals surface area contributed by atoms with E-state index in [1.807, 2.05) is 21.1 Å². The van der Waals surface area contributed by atoms with Crippen LogP contribution in [0.3, 0.4) is 0 Å². The maximum Gasteiger partial charge on any atom is 0.472 e. The summed E-state index contributed by atoms with van der Waals surface area (Å²) in [6.07, 6.45) is 44.1. The van der Waals surface area contributed by atoms with Crippen molar-refractivity contribution in [2.24, 2.45) is 0 Å². The Morgan fingerprint density at radius 2 is 0.857 bits per heavy atom. The third-order valence-electron chi connectivity index (χ3n) is 11.4. The number of likely N-dealkylation sites (N-methyl/N-ethyl adjacent to an activating group) is 1. The Bertz CT molecular complexity index is 885. The van der Waals surface area contributed by atoms with Gasteiger partial charge in [-0.2, -0.15) is 0 Å². The predicted octanol–water partition coefficient (Wildman–Crippen LogP) is 13.8. The number of phosphoric acid groups is 1. The van der Waals surface area contributed by atoms with Crippen LogP contribution in [0.15, 0.2) is 0 Å². The van der Waals surface area contributed by atoms with E-state index in [0.29, 0.717) is 23.9 Å². The third-order valence-corrected chi connectivity index (χ3v) is 12.3. The van der Waals surface area contributed by atoms with Crippen molar-refractivity contribution in [1.82, 2.24) is 5.32 Å². The van der Waals surface area contributed by atoms with Crippen molar-refractivity contribution in [3.8, 4) is 0 Å². The van der Waals surface area contributed by atoms with E-state index < -0.39 is 20.0 Å². The Labute approximate surface area is 349 Å². The van der Waals surface area contributed by atoms with Crippen molar-refractivity contribution < 1.29 is 32.9 Å². The van der Waals surface area contributed by atoms with Gasteiger partial charge >= 0.3 is 7.82 Å². The molecule has 0 saturated carbocycles. The van der Waals surface area contributed by atoms with Crippen molar-refractivity contribution in [3.05, 3.63) is 0 Å². The Hall–Kier alpha value is -0.500. The quantitative estimate of drug-likeness (QED) is 0.0321. The Kier molecular flexibility index (Phi) is 39.6. The molecule has 0 aromatic rings. The summed E-state index contributed by atoms with van der Waals surface area (Å²) >= 11 is 0. The molecule has 0 aliphatic carbocycles. The molecule has 3 atom stereocenters. The van der Waals surface area contributed by atoms with Crippen LogP contribution in [-0.2, 0) is 18.4 Å². The fraction of sp³-hybridized carbons (Fsp3) is 0.979. The molecular formula is C47H98N2O6P+. The number of phosphoric ester groups is 1. The van der Waals surface area contributed by atoms with Crippen molar-refractivity contribution in [1.29, 1.82) is 0 Å². The van der Waals surface area contributed by atoms with Gasteiger partial charge in [-0.25, -0.2) is 4.57 Å². The average Bonchev–Trinajstić information content (AvgIpc) is 3.15. The van der Waals surface area contributed by atoms with Crippen molar-refractivity contribution in [2.45, 2.75) is 257 Å². The largest absolute Gasteiger partial charge is 0.472 e. The number of nitrogens with zero attached hydrogens (tertiary/aromatic N) is 1. The minimum atomic E-state index is -4.31. The highest BCUT2D eigenvalue weighted by atomic mass is 31.2. The molecule has 0 aliphatic heterocycles. The molecule has 0 aromatic carbocycles. The maximum atomic E-state index is 12.9. The molecule has 0 fully saturated rings. The monoisotopic (exact) mass is 818 g/mol. The zero-order valence-corrected chi connectivity index (χ0v) is 39.0. The molecule has 0 rings (SSSR count). The second kappa shape index (κ2) is 39.9. The number of quaternary nitrogens is 1. The van der Waals surface area contributed by atoms with E-state index in [4.69, 9.17) is 9.05 Å². The number of aliphatic hydroxyl groups is 1. The summed E-state index contributed by atoms with van der Waals surface area (Å²) in [6, 6.07) is -0.753. The van der Waals surface area contributed by atoms with E-state index >= 15 is 0 Å². The minimum absolute atomic E-state index is 0.0788. The maximum absolute atomic E-state index is 12.9. The van der Waals surface area contributed by atoms with E-state index in [-0.39, 0.29) is 19.1 Å². The Morgan fingerprint density at radius 3 is 1.20 bits per heavy atom. The topological polar surface area (TPSA) is 105 Å². The molecule has 0 spiro atoms. The van der Waals surface area contributed by atoms with E-state index in [1.165, 1.54) is 180 Å². The first-order valence-electron chi connectivity index (χ1n) is 24.4. The van der Waals surface area contributed by atoms with Crippen LogP contribution in [0.2, 0.25) is 0 Å². The summed E-state index contributed by atoms with van der Waals surface area (Å²) in [5, 5.41) is 14.0. The zero-order valence-electron chi connectivity index (χ0n) is 38.2. The highest BCUT2D eigenvalue weighted by Gasteiger charge is 2.28. The highest BCUT2D eigenvalue weighted by molar-refractivity contribution is 7.47. The van der Waals surface area contributed by atoms with Crippen LogP contribution < -0.4 is 5.32 Å². The SMILES string of the molecule is CCCCCCCCCCCCCCCCCCCCCC(=O)NC(COP(=O)(O)OCC[N+](C)(C)C)C(O)CCCCCCCCCCCCCCCCC. The molecule has 0 saturated heterocycles. The molecule has 1 amide bonds. The number of aliphatic hydroxyl groups excluding tert-OH is 1. The summed E-state index contributed by atoms with van der Waals surface area (Å²) in [7, 11) is 1.63. The van der Waals surface area contributed by atoms with Gasteiger partial charge in [0.1, 0.15) is 13.2 Å². The van der Waals surface area contributed by atoms with Gasteiger partial charge in [-0.05, 0) is 12.8 Å². The van der Waals surface area contributed by atoms with Crippen LogP contribution in [-0.4, -0.2) is 73.4 Å². The molecule has 0 radical (unpaired) electrons. The number of carbonyl (C=O) groups excluding carboxylic acids is 1.